The summed E-state index contributed by atoms with van der Waals surface area (Å²) in [4.78, 5) is 28.6. The Morgan fingerprint density at radius 2 is 1.86 bits per heavy atom. The van der Waals surface area contributed by atoms with Crippen LogP contribution in [0.1, 0.15) is 23.0 Å². The van der Waals surface area contributed by atoms with Crippen LogP contribution in [0, 0.1) is 5.82 Å². The fourth-order valence-electron chi connectivity index (χ4n) is 2.48. The van der Waals surface area contributed by atoms with Gasteiger partial charge < -0.3 is 10.1 Å². The van der Waals surface area contributed by atoms with E-state index < -0.39 is 18.0 Å². The van der Waals surface area contributed by atoms with Crippen LogP contribution in [0.4, 0.5) is 4.39 Å². The van der Waals surface area contributed by atoms with Gasteiger partial charge in [-0.1, -0.05) is 42.5 Å². The average Bonchev–Trinajstić information content (AvgIpc) is 3.20. The molecule has 144 valence electrons. The molecule has 0 bridgehead atoms. The van der Waals surface area contributed by atoms with E-state index in [1.54, 1.807) is 17.5 Å². The zero-order valence-corrected chi connectivity index (χ0v) is 16.0. The normalized spacial score (nSPS) is 11.6. The van der Waals surface area contributed by atoms with Crippen molar-refractivity contribution in [2.45, 2.75) is 19.4 Å². The number of hydrogen-bond acceptors (Lipinski definition) is 5. The highest BCUT2D eigenvalue weighted by Gasteiger charge is 2.20. The minimum absolute atomic E-state index is 0.176. The number of esters is 1. The number of amides is 1. The Morgan fingerprint density at radius 1 is 1.14 bits per heavy atom. The van der Waals surface area contributed by atoms with Crippen molar-refractivity contribution < 1.29 is 18.7 Å². The molecule has 0 aliphatic heterocycles. The number of halogens is 1. The second kappa shape index (κ2) is 9.23. The van der Waals surface area contributed by atoms with Crippen molar-refractivity contribution in [2.75, 3.05) is 6.54 Å². The minimum Gasteiger partial charge on any atom is -0.448 e. The first-order chi connectivity index (χ1) is 13.5. The summed E-state index contributed by atoms with van der Waals surface area (Å²) in [5.41, 5.74) is 2.00. The topological polar surface area (TPSA) is 68.3 Å². The first kappa shape index (κ1) is 19.7. The van der Waals surface area contributed by atoms with Gasteiger partial charge in [0.25, 0.3) is 5.91 Å². The average molecular weight is 398 g/mol. The monoisotopic (exact) mass is 398 g/mol. The number of benzene rings is 2. The van der Waals surface area contributed by atoms with E-state index >= 15 is 0 Å². The number of rotatable bonds is 7. The van der Waals surface area contributed by atoms with Gasteiger partial charge in [0.1, 0.15) is 10.8 Å². The Labute approximate surface area is 166 Å². The second-order valence-electron chi connectivity index (χ2n) is 6.12. The molecule has 0 spiro atoms. The number of ether oxygens (including phenoxy) is 1. The standard InChI is InChI=1S/C21H19FN2O3S/c1-14(19(25)23-12-11-15-7-9-17(22)10-8-15)27-21(26)18-13-28-20(24-18)16-5-3-2-4-6-16/h2-10,13-14H,11-12H2,1H3,(H,23,25). The highest BCUT2D eigenvalue weighted by Crippen LogP contribution is 2.23. The zero-order valence-electron chi connectivity index (χ0n) is 15.2. The molecule has 0 aliphatic carbocycles. The molecule has 1 N–H and O–H groups in total. The molecular formula is C21H19FN2O3S. The number of nitrogens with zero attached hydrogens (tertiary/aromatic N) is 1. The lowest BCUT2D eigenvalue weighted by atomic mass is 10.1. The third-order valence-corrected chi connectivity index (χ3v) is 4.90. The van der Waals surface area contributed by atoms with Crippen LogP contribution in [-0.2, 0) is 16.0 Å². The second-order valence-corrected chi connectivity index (χ2v) is 6.98. The third-order valence-electron chi connectivity index (χ3n) is 4.01. The van der Waals surface area contributed by atoms with Gasteiger partial charge in [-0.2, -0.15) is 0 Å². The van der Waals surface area contributed by atoms with Crippen LogP contribution in [0.15, 0.2) is 60.0 Å². The maximum absolute atomic E-state index is 12.9. The molecule has 0 saturated heterocycles. The summed E-state index contributed by atoms with van der Waals surface area (Å²) in [7, 11) is 0. The number of carbonyl (C=O) groups excluding carboxylic acids is 2. The number of aromatic nitrogens is 1. The van der Waals surface area contributed by atoms with E-state index in [1.807, 2.05) is 30.3 Å². The van der Waals surface area contributed by atoms with E-state index in [-0.39, 0.29) is 11.5 Å². The Bertz CT molecular complexity index is 942. The summed E-state index contributed by atoms with van der Waals surface area (Å²) < 4.78 is 18.1. The van der Waals surface area contributed by atoms with E-state index in [0.717, 1.165) is 11.1 Å². The largest absolute Gasteiger partial charge is 0.448 e. The molecule has 1 heterocycles. The van der Waals surface area contributed by atoms with Crippen molar-refractivity contribution in [2.24, 2.45) is 0 Å². The summed E-state index contributed by atoms with van der Waals surface area (Å²) in [5, 5.41) is 5.03. The lowest BCUT2D eigenvalue weighted by molar-refractivity contribution is -0.129. The quantitative estimate of drug-likeness (QED) is 0.614. The lowest BCUT2D eigenvalue weighted by Crippen LogP contribution is -2.37. The number of nitrogens with one attached hydrogen (secondary N) is 1. The van der Waals surface area contributed by atoms with E-state index in [1.165, 1.54) is 30.4 Å². The molecule has 3 aromatic rings. The first-order valence-corrected chi connectivity index (χ1v) is 9.65. The van der Waals surface area contributed by atoms with Gasteiger partial charge in [-0.25, -0.2) is 14.2 Å². The van der Waals surface area contributed by atoms with Crippen LogP contribution in [0.25, 0.3) is 10.6 Å². The zero-order chi connectivity index (χ0) is 19.9. The van der Waals surface area contributed by atoms with E-state index in [2.05, 4.69) is 10.3 Å². The molecular weight excluding hydrogens is 379 g/mol. The molecule has 7 heteroatoms. The Kier molecular flexibility index (Phi) is 6.49. The fourth-order valence-corrected chi connectivity index (χ4v) is 3.28. The van der Waals surface area contributed by atoms with Gasteiger partial charge in [0.15, 0.2) is 11.8 Å². The third kappa shape index (κ3) is 5.23. The number of carbonyl (C=O) groups is 2. The Balaban J connectivity index is 1.49. The summed E-state index contributed by atoms with van der Waals surface area (Å²) in [6, 6.07) is 15.6. The summed E-state index contributed by atoms with van der Waals surface area (Å²) in [6.07, 6.45) is -0.387. The van der Waals surface area contributed by atoms with Crippen molar-refractivity contribution in [1.82, 2.24) is 10.3 Å². The van der Waals surface area contributed by atoms with Crippen LogP contribution in [0.2, 0.25) is 0 Å². The highest BCUT2D eigenvalue weighted by atomic mass is 32.1. The van der Waals surface area contributed by atoms with Gasteiger partial charge in [-0.05, 0) is 31.0 Å². The predicted octanol–water partition coefficient (Wildman–Crippen LogP) is 3.85. The minimum atomic E-state index is -0.942. The Morgan fingerprint density at radius 3 is 2.57 bits per heavy atom. The van der Waals surface area contributed by atoms with Gasteiger partial charge >= 0.3 is 5.97 Å². The predicted molar refractivity (Wildman–Crippen MR) is 106 cm³/mol. The lowest BCUT2D eigenvalue weighted by Gasteiger charge is -2.12. The van der Waals surface area contributed by atoms with Crippen LogP contribution in [0.3, 0.4) is 0 Å². The molecule has 3 rings (SSSR count). The van der Waals surface area contributed by atoms with Crippen molar-refractivity contribution >= 4 is 23.2 Å². The molecule has 28 heavy (non-hydrogen) atoms. The SMILES string of the molecule is CC(OC(=O)c1csc(-c2ccccc2)n1)C(=O)NCCc1ccc(F)cc1. The van der Waals surface area contributed by atoms with Gasteiger partial charge in [-0.3, -0.25) is 4.79 Å². The summed E-state index contributed by atoms with van der Waals surface area (Å²) in [5.74, 6) is -1.33. The van der Waals surface area contributed by atoms with Gasteiger partial charge in [0, 0.05) is 17.5 Å². The van der Waals surface area contributed by atoms with Gasteiger partial charge in [0.2, 0.25) is 0 Å². The van der Waals surface area contributed by atoms with Crippen molar-refractivity contribution in [3.8, 4) is 10.6 Å². The maximum atomic E-state index is 12.9. The molecule has 5 nitrogen and oxygen atoms in total. The fraction of sp³-hybridized carbons (Fsp3) is 0.190. The molecule has 0 fully saturated rings. The molecule has 0 radical (unpaired) electrons. The number of hydrogen-bond donors (Lipinski definition) is 1. The van der Waals surface area contributed by atoms with E-state index in [4.69, 9.17) is 4.74 Å². The van der Waals surface area contributed by atoms with E-state index in [9.17, 15) is 14.0 Å². The van der Waals surface area contributed by atoms with Crippen LogP contribution >= 0.6 is 11.3 Å². The summed E-state index contributed by atoms with van der Waals surface area (Å²) in [6.45, 7) is 1.87. The van der Waals surface area contributed by atoms with Gasteiger partial charge in [-0.15, -0.1) is 11.3 Å². The molecule has 1 atom stereocenters. The van der Waals surface area contributed by atoms with Crippen LogP contribution < -0.4 is 5.32 Å². The van der Waals surface area contributed by atoms with Gasteiger partial charge in [0.05, 0.1) is 0 Å². The number of thiazole rings is 1. The molecule has 1 amide bonds. The highest BCUT2D eigenvalue weighted by molar-refractivity contribution is 7.13. The van der Waals surface area contributed by atoms with Crippen LogP contribution in [0.5, 0.6) is 0 Å². The molecule has 1 unspecified atom stereocenters. The Hall–Kier alpha value is -3.06. The smallest absolute Gasteiger partial charge is 0.358 e. The van der Waals surface area contributed by atoms with Crippen molar-refractivity contribution in [1.29, 1.82) is 0 Å². The van der Waals surface area contributed by atoms with Crippen molar-refractivity contribution in [3.63, 3.8) is 0 Å². The molecule has 0 saturated carbocycles. The first-order valence-electron chi connectivity index (χ1n) is 8.77. The summed E-state index contributed by atoms with van der Waals surface area (Å²) >= 11 is 1.34. The molecule has 0 aliphatic rings. The van der Waals surface area contributed by atoms with Crippen molar-refractivity contribution in [3.05, 3.63) is 77.1 Å². The van der Waals surface area contributed by atoms with Crippen LogP contribution in [-0.4, -0.2) is 29.5 Å². The maximum Gasteiger partial charge on any atom is 0.358 e. The van der Waals surface area contributed by atoms with E-state index in [0.29, 0.717) is 18.0 Å². The molecule has 1 aromatic heterocycles. The molecule has 2 aromatic carbocycles.